The van der Waals surface area contributed by atoms with Gasteiger partial charge in [0.15, 0.2) is 0 Å². The average molecular weight is 353 g/mol. The number of para-hydroxylation sites is 1. The second-order valence-corrected chi connectivity index (χ2v) is 6.77. The first kappa shape index (κ1) is 18.2. The Morgan fingerprint density at radius 2 is 1.85 bits per heavy atom. The predicted octanol–water partition coefficient (Wildman–Crippen LogP) is 2.02. The van der Waals surface area contributed by atoms with Crippen molar-refractivity contribution in [2.45, 2.75) is 0 Å². The molecule has 3 rings (SSSR count). The van der Waals surface area contributed by atoms with E-state index in [1.54, 1.807) is 6.20 Å². The van der Waals surface area contributed by atoms with E-state index in [1.165, 1.54) is 5.69 Å². The lowest BCUT2D eigenvalue weighted by Gasteiger charge is -2.36. The number of benzene rings is 1. The number of hydrogen-bond acceptors (Lipinski definition) is 5. The van der Waals surface area contributed by atoms with Gasteiger partial charge in [0.25, 0.3) is 5.91 Å². The van der Waals surface area contributed by atoms with Gasteiger partial charge in [0, 0.05) is 56.8 Å². The lowest BCUT2D eigenvalue weighted by atomic mass is 10.2. The quantitative estimate of drug-likeness (QED) is 0.861. The number of rotatable bonds is 6. The van der Waals surface area contributed by atoms with Crippen LogP contribution < -0.4 is 10.2 Å². The van der Waals surface area contributed by atoms with Crippen LogP contribution in [0.2, 0.25) is 0 Å². The van der Waals surface area contributed by atoms with Gasteiger partial charge in [0.2, 0.25) is 0 Å². The fraction of sp³-hybridized carbons (Fsp3) is 0.400. The third-order valence-corrected chi connectivity index (χ3v) is 4.56. The molecular weight excluding hydrogens is 326 g/mol. The first-order valence-electron chi connectivity index (χ1n) is 9.07. The molecule has 0 unspecified atom stereocenters. The van der Waals surface area contributed by atoms with Crippen molar-refractivity contribution in [3.8, 4) is 0 Å². The van der Waals surface area contributed by atoms with E-state index in [-0.39, 0.29) is 5.91 Å². The lowest BCUT2D eigenvalue weighted by molar-refractivity contribution is 0.0741. The van der Waals surface area contributed by atoms with Gasteiger partial charge in [-0.25, -0.2) is 0 Å². The summed E-state index contributed by atoms with van der Waals surface area (Å²) < 4.78 is 0. The van der Waals surface area contributed by atoms with Gasteiger partial charge in [-0.1, -0.05) is 18.2 Å². The van der Waals surface area contributed by atoms with Gasteiger partial charge < -0.3 is 20.0 Å². The predicted molar refractivity (Wildman–Crippen MR) is 106 cm³/mol. The standard InChI is InChI=1S/C20H27N5O/c1-23(2)11-10-21-17-8-9-22-19(16-17)20(26)25-14-12-24(13-15-25)18-6-4-3-5-7-18/h3-9,16H,10-15H2,1-2H3,(H,21,22). The molecule has 1 aromatic carbocycles. The van der Waals surface area contributed by atoms with E-state index in [9.17, 15) is 4.79 Å². The molecule has 6 heteroatoms. The summed E-state index contributed by atoms with van der Waals surface area (Å²) in [6.07, 6.45) is 1.70. The van der Waals surface area contributed by atoms with Crippen molar-refractivity contribution < 1.29 is 4.79 Å². The minimum Gasteiger partial charge on any atom is -0.384 e. The molecule has 0 bridgehead atoms. The zero-order valence-corrected chi connectivity index (χ0v) is 15.6. The normalized spacial score (nSPS) is 14.6. The van der Waals surface area contributed by atoms with Crippen LogP contribution in [0.15, 0.2) is 48.7 Å². The van der Waals surface area contributed by atoms with Crippen LogP contribution in [0.4, 0.5) is 11.4 Å². The maximum absolute atomic E-state index is 12.8. The minimum atomic E-state index is 0.00831. The van der Waals surface area contributed by atoms with Crippen LogP contribution in [-0.4, -0.2) is 74.1 Å². The monoisotopic (exact) mass is 353 g/mol. The Kier molecular flexibility index (Phi) is 6.07. The number of aromatic nitrogens is 1. The number of carbonyl (C=O) groups excluding carboxylic acids is 1. The van der Waals surface area contributed by atoms with Crippen LogP contribution in [0.3, 0.4) is 0 Å². The van der Waals surface area contributed by atoms with Gasteiger partial charge in [-0.15, -0.1) is 0 Å². The summed E-state index contributed by atoms with van der Waals surface area (Å²) in [6, 6.07) is 14.1. The van der Waals surface area contributed by atoms with Gasteiger partial charge >= 0.3 is 0 Å². The van der Waals surface area contributed by atoms with Crippen molar-refractivity contribution in [1.29, 1.82) is 0 Å². The molecule has 138 valence electrons. The number of anilines is 2. The van der Waals surface area contributed by atoms with Crippen LogP contribution >= 0.6 is 0 Å². The van der Waals surface area contributed by atoms with Crippen molar-refractivity contribution in [3.63, 3.8) is 0 Å². The molecule has 1 fully saturated rings. The van der Waals surface area contributed by atoms with E-state index in [2.05, 4.69) is 32.2 Å². The summed E-state index contributed by atoms with van der Waals surface area (Å²) >= 11 is 0. The summed E-state index contributed by atoms with van der Waals surface area (Å²) in [5.41, 5.74) is 2.66. The summed E-state index contributed by atoms with van der Waals surface area (Å²) in [5.74, 6) is 0.00831. The molecule has 1 aliphatic rings. The van der Waals surface area contributed by atoms with E-state index >= 15 is 0 Å². The van der Waals surface area contributed by atoms with E-state index in [0.29, 0.717) is 18.8 Å². The molecule has 6 nitrogen and oxygen atoms in total. The van der Waals surface area contributed by atoms with Crippen molar-refractivity contribution in [2.24, 2.45) is 0 Å². The Labute approximate surface area is 155 Å². The van der Waals surface area contributed by atoms with Crippen LogP contribution in [-0.2, 0) is 0 Å². The molecule has 0 atom stereocenters. The molecule has 0 radical (unpaired) electrons. The molecule has 1 aromatic heterocycles. The Morgan fingerprint density at radius 1 is 1.12 bits per heavy atom. The van der Waals surface area contributed by atoms with E-state index in [4.69, 9.17) is 0 Å². The molecular formula is C20H27N5O. The Hall–Kier alpha value is -2.60. The average Bonchev–Trinajstić information content (AvgIpc) is 2.68. The van der Waals surface area contributed by atoms with Crippen LogP contribution in [0.25, 0.3) is 0 Å². The zero-order valence-electron chi connectivity index (χ0n) is 15.6. The SMILES string of the molecule is CN(C)CCNc1ccnc(C(=O)N2CCN(c3ccccc3)CC2)c1. The van der Waals surface area contributed by atoms with Gasteiger partial charge in [-0.05, 0) is 38.4 Å². The molecule has 1 saturated heterocycles. The molecule has 1 aliphatic heterocycles. The third kappa shape index (κ3) is 4.73. The van der Waals surface area contributed by atoms with Crippen molar-refractivity contribution in [2.75, 3.05) is 63.6 Å². The van der Waals surface area contributed by atoms with E-state index < -0.39 is 0 Å². The second-order valence-electron chi connectivity index (χ2n) is 6.77. The minimum absolute atomic E-state index is 0.00831. The summed E-state index contributed by atoms with van der Waals surface area (Å²) in [7, 11) is 4.08. The number of carbonyl (C=O) groups is 1. The number of nitrogens with zero attached hydrogens (tertiary/aromatic N) is 4. The number of likely N-dealkylation sites (N-methyl/N-ethyl adjacent to an activating group) is 1. The first-order chi connectivity index (χ1) is 12.6. The number of nitrogens with one attached hydrogen (secondary N) is 1. The highest BCUT2D eigenvalue weighted by Crippen LogP contribution is 2.17. The van der Waals surface area contributed by atoms with Crippen LogP contribution in [0.1, 0.15) is 10.5 Å². The maximum atomic E-state index is 12.8. The molecule has 2 heterocycles. The lowest BCUT2D eigenvalue weighted by Crippen LogP contribution is -2.49. The van der Waals surface area contributed by atoms with Crippen LogP contribution in [0, 0.1) is 0 Å². The van der Waals surface area contributed by atoms with Gasteiger partial charge in [0.1, 0.15) is 5.69 Å². The van der Waals surface area contributed by atoms with E-state index in [1.807, 2.05) is 49.3 Å². The molecule has 26 heavy (non-hydrogen) atoms. The molecule has 1 amide bonds. The van der Waals surface area contributed by atoms with Crippen molar-refractivity contribution in [1.82, 2.24) is 14.8 Å². The first-order valence-corrected chi connectivity index (χ1v) is 9.07. The number of pyridine rings is 1. The highest BCUT2D eigenvalue weighted by molar-refractivity contribution is 5.93. The fourth-order valence-electron chi connectivity index (χ4n) is 3.05. The Balaban J connectivity index is 1.56. The second kappa shape index (κ2) is 8.67. The van der Waals surface area contributed by atoms with E-state index in [0.717, 1.165) is 31.9 Å². The fourth-order valence-corrected chi connectivity index (χ4v) is 3.05. The smallest absolute Gasteiger partial charge is 0.272 e. The highest BCUT2D eigenvalue weighted by atomic mass is 16.2. The Morgan fingerprint density at radius 3 is 2.54 bits per heavy atom. The van der Waals surface area contributed by atoms with Gasteiger partial charge in [0.05, 0.1) is 0 Å². The maximum Gasteiger partial charge on any atom is 0.272 e. The molecule has 0 aliphatic carbocycles. The summed E-state index contributed by atoms with van der Waals surface area (Å²) in [4.78, 5) is 23.4. The van der Waals surface area contributed by atoms with Crippen molar-refractivity contribution in [3.05, 3.63) is 54.4 Å². The van der Waals surface area contributed by atoms with Gasteiger partial charge in [-0.3, -0.25) is 9.78 Å². The number of hydrogen-bond donors (Lipinski definition) is 1. The largest absolute Gasteiger partial charge is 0.384 e. The number of amides is 1. The van der Waals surface area contributed by atoms with Crippen molar-refractivity contribution >= 4 is 17.3 Å². The zero-order chi connectivity index (χ0) is 18.4. The molecule has 0 saturated carbocycles. The molecule has 2 aromatic rings. The highest BCUT2D eigenvalue weighted by Gasteiger charge is 2.23. The van der Waals surface area contributed by atoms with Crippen LogP contribution in [0.5, 0.6) is 0 Å². The summed E-state index contributed by atoms with van der Waals surface area (Å²) in [5, 5.41) is 3.34. The third-order valence-electron chi connectivity index (χ3n) is 4.56. The van der Waals surface area contributed by atoms with Gasteiger partial charge in [-0.2, -0.15) is 0 Å². The Bertz CT molecular complexity index is 711. The molecule has 1 N–H and O–H groups in total. The topological polar surface area (TPSA) is 51.7 Å². The summed E-state index contributed by atoms with van der Waals surface area (Å²) in [6.45, 7) is 4.89. The number of piperazine rings is 1. The molecule has 0 spiro atoms.